The second kappa shape index (κ2) is 12.4. The molecule has 1 aliphatic carbocycles. The number of halogens is 1. The number of hydrogen-bond acceptors (Lipinski definition) is 8. The summed E-state index contributed by atoms with van der Waals surface area (Å²) in [4.78, 5) is 15.1. The van der Waals surface area contributed by atoms with Gasteiger partial charge in [0.1, 0.15) is 18.2 Å². The van der Waals surface area contributed by atoms with Gasteiger partial charge in [0.2, 0.25) is 0 Å². The minimum atomic E-state index is -0.517. The third kappa shape index (κ3) is 6.31. The maximum atomic E-state index is 10.2. The Morgan fingerprint density at radius 1 is 1.20 bits per heavy atom. The predicted molar refractivity (Wildman–Crippen MR) is 165 cm³/mol. The number of nitrogens with one attached hydrogen (secondary N) is 1. The van der Waals surface area contributed by atoms with Crippen LogP contribution in [0.15, 0.2) is 23.8 Å². The number of aliphatic hydroxyl groups is 1. The first-order valence-corrected chi connectivity index (χ1v) is 15.3. The molecule has 8 nitrogen and oxygen atoms in total. The van der Waals surface area contributed by atoms with Gasteiger partial charge in [0.05, 0.1) is 30.0 Å². The summed E-state index contributed by atoms with van der Waals surface area (Å²) in [7, 11) is 0. The van der Waals surface area contributed by atoms with Gasteiger partial charge in [-0.1, -0.05) is 30.5 Å². The van der Waals surface area contributed by atoms with Crippen LogP contribution in [0, 0.1) is 17.7 Å². The van der Waals surface area contributed by atoms with Crippen LogP contribution in [-0.2, 0) is 4.74 Å². The monoisotopic (exact) mass is 581 g/mol. The molecular formula is C32H44ClN5O3. The Hall–Kier alpha value is -2.52. The maximum absolute atomic E-state index is 10.2. The average Bonchev–Trinajstić information content (AvgIpc) is 2.89. The molecule has 1 aromatic heterocycles. The third-order valence-electron chi connectivity index (χ3n) is 8.73. The van der Waals surface area contributed by atoms with Crippen LogP contribution in [0.5, 0.6) is 5.75 Å². The maximum Gasteiger partial charge on any atom is 0.163 e. The van der Waals surface area contributed by atoms with Gasteiger partial charge in [0, 0.05) is 60.0 Å². The van der Waals surface area contributed by atoms with Crippen molar-refractivity contribution in [3.05, 3.63) is 40.1 Å². The van der Waals surface area contributed by atoms with E-state index in [4.69, 9.17) is 36.5 Å². The van der Waals surface area contributed by atoms with Crippen molar-refractivity contribution in [2.75, 3.05) is 50.9 Å². The first-order chi connectivity index (χ1) is 19.6. The quantitative estimate of drug-likeness (QED) is 0.343. The fourth-order valence-electron chi connectivity index (χ4n) is 6.65. The molecule has 0 bridgehead atoms. The smallest absolute Gasteiger partial charge is 0.163 e. The molecule has 1 saturated carbocycles. The number of morpholine rings is 1. The summed E-state index contributed by atoms with van der Waals surface area (Å²) < 4.78 is 11.5. The molecule has 1 spiro atoms. The Balaban J connectivity index is 1.44. The van der Waals surface area contributed by atoms with Gasteiger partial charge in [0.15, 0.2) is 5.82 Å². The van der Waals surface area contributed by atoms with E-state index in [9.17, 15) is 5.11 Å². The SMILES string of the molecule is CCC[C@@H](O)COc1ccc(Cl)c(-c2nc(C(C(C)=N)=C(C)C)c(C)c(N3CC4(CC(N5CCOCC5)C4)C3)n2)c1. The summed E-state index contributed by atoms with van der Waals surface area (Å²) in [6.45, 7) is 15.9. The zero-order valence-corrected chi connectivity index (χ0v) is 25.9. The van der Waals surface area contributed by atoms with Gasteiger partial charge in [0.25, 0.3) is 0 Å². The van der Waals surface area contributed by atoms with E-state index in [1.165, 1.54) is 12.8 Å². The molecule has 2 N–H and O–H groups in total. The van der Waals surface area contributed by atoms with Gasteiger partial charge in [-0.05, 0) is 65.2 Å². The number of allylic oxidation sites excluding steroid dienone is 2. The lowest BCUT2D eigenvalue weighted by atomic mass is 9.60. The van der Waals surface area contributed by atoms with Crippen molar-refractivity contribution in [2.24, 2.45) is 5.41 Å². The minimum Gasteiger partial charge on any atom is -0.491 e. The number of hydrogen-bond donors (Lipinski definition) is 2. The van der Waals surface area contributed by atoms with Crippen molar-refractivity contribution < 1.29 is 14.6 Å². The summed E-state index contributed by atoms with van der Waals surface area (Å²) in [5.74, 6) is 2.04. The van der Waals surface area contributed by atoms with Crippen molar-refractivity contribution in [3.63, 3.8) is 0 Å². The van der Waals surface area contributed by atoms with Gasteiger partial charge < -0.3 is 24.9 Å². The van der Waals surface area contributed by atoms with E-state index in [1.54, 1.807) is 6.07 Å². The molecule has 2 saturated heterocycles. The third-order valence-corrected chi connectivity index (χ3v) is 9.06. The normalized spacial score (nSPS) is 19.4. The number of aromatic nitrogens is 2. The van der Waals surface area contributed by atoms with Crippen LogP contribution in [0.25, 0.3) is 17.0 Å². The molecule has 2 aliphatic heterocycles. The first-order valence-electron chi connectivity index (χ1n) is 14.9. The van der Waals surface area contributed by atoms with E-state index in [0.29, 0.717) is 45.7 Å². The molecule has 5 rings (SSSR count). The second-order valence-corrected chi connectivity index (χ2v) is 12.7. The Labute approximate surface area is 249 Å². The number of nitrogens with zero attached hydrogens (tertiary/aromatic N) is 4. The highest BCUT2D eigenvalue weighted by Gasteiger charge is 2.54. The average molecular weight is 582 g/mol. The number of benzene rings is 1. The highest BCUT2D eigenvalue weighted by molar-refractivity contribution is 6.33. The second-order valence-electron chi connectivity index (χ2n) is 12.3. The molecule has 41 heavy (non-hydrogen) atoms. The fourth-order valence-corrected chi connectivity index (χ4v) is 6.85. The van der Waals surface area contributed by atoms with Crippen molar-refractivity contribution in [3.8, 4) is 17.1 Å². The highest BCUT2D eigenvalue weighted by Crippen LogP contribution is 2.52. The Morgan fingerprint density at radius 3 is 2.54 bits per heavy atom. The molecule has 0 unspecified atom stereocenters. The summed E-state index contributed by atoms with van der Waals surface area (Å²) >= 11 is 6.72. The molecular weight excluding hydrogens is 538 g/mol. The van der Waals surface area contributed by atoms with Crippen LogP contribution in [0.4, 0.5) is 5.82 Å². The van der Waals surface area contributed by atoms with Crippen LogP contribution in [0.2, 0.25) is 5.02 Å². The lowest BCUT2D eigenvalue weighted by molar-refractivity contribution is -0.0611. The van der Waals surface area contributed by atoms with E-state index < -0.39 is 6.10 Å². The number of aliphatic hydroxyl groups excluding tert-OH is 1. The molecule has 0 amide bonds. The number of rotatable bonds is 10. The van der Waals surface area contributed by atoms with E-state index in [1.807, 2.05) is 39.8 Å². The van der Waals surface area contributed by atoms with Crippen LogP contribution in [0.3, 0.4) is 0 Å². The summed E-state index contributed by atoms with van der Waals surface area (Å²) in [5, 5.41) is 19.2. The van der Waals surface area contributed by atoms with Crippen molar-refractivity contribution in [2.45, 2.75) is 72.4 Å². The lowest BCUT2D eigenvalue weighted by Gasteiger charge is -2.61. The summed E-state index contributed by atoms with van der Waals surface area (Å²) in [6.07, 6.45) is 3.51. The molecule has 9 heteroatoms. The Kier molecular flexibility index (Phi) is 9.04. The Morgan fingerprint density at radius 2 is 1.90 bits per heavy atom. The molecule has 3 aliphatic rings. The Bertz CT molecular complexity index is 1300. The van der Waals surface area contributed by atoms with Gasteiger partial charge in [-0.15, -0.1) is 0 Å². The van der Waals surface area contributed by atoms with Gasteiger partial charge in [-0.3, -0.25) is 4.90 Å². The molecule has 222 valence electrons. The van der Waals surface area contributed by atoms with E-state index >= 15 is 0 Å². The molecule has 1 aromatic carbocycles. The fraction of sp³-hybridized carbons (Fsp3) is 0.594. The van der Waals surface area contributed by atoms with Gasteiger partial charge in [-0.25, -0.2) is 9.97 Å². The largest absolute Gasteiger partial charge is 0.491 e. The lowest BCUT2D eigenvalue weighted by Crippen LogP contribution is -2.67. The van der Waals surface area contributed by atoms with E-state index in [-0.39, 0.29) is 6.61 Å². The van der Waals surface area contributed by atoms with Crippen LogP contribution in [-0.4, -0.2) is 83.8 Å². The molecule has 0 radical (unpaired) electrons. The van der Waals surface area contributed by atoms with Gasteiger partial charge >= 0.3 is 0 Å². The zero-order valence-electron chi connectivity index (χ0n) is 25.1. The molecule has 3 heterocycles. The van der Waals surface area contributed by atoms with Crippen LogP contribution in [0.1, 0.15) is 64.6 Å². The van der Waals surface area contributed by atoms with Crippen LogP contribution < -0.4 is 9.64 Å². The molecule has 3 fully saturated rings. The van der Waals surface area contributed by atoms with E-state index in [0.717, 1.165) is 74.0 Å². The highest BCUT2D eigenvalue weighted by atomic mass is 35.5. The van der Waals surface area contributed by atoms with Crippen molar-refractivity contribution in [1.82, 2.24) is 14.9 Å². The predicted octanol–water partition coefficient (Wildman–Crippen LogP) is 5.78. The standard InChI is InChI=1S/C32H44ClN5O3/c1-6-7-24(39)17-41-25-8-9-27(33)26(14-25)30-35-29(28(20(2)3)22(5)34)21(4)31(36-30)38-18-32(19-38)15-23(16-32)37-10-12-40-13-11-37/h8-9,14,23-24,34,39H,6-7,10-13,15-19H2,1-5H3/t24-/m1/s1. The number of ether oxygens (including phenoxy) is 2. The number of anilines is 1. The van der Waals surface area contributed by atoms with Gasteiger partial charge in [-0.2, -0.15) is 0 Å². The van der Waals surface area contributed by atoms with E-state index in [2.05, 4.69) is 16.7 Å². The van der Waals surface area contributed by atoms with Crippen molar-refractivity contribution >= 4 is 28.7 Å². The summed E-state index contributed by atoms with van der Waals surface area (Å²) in [6, 6.07) is 6.12. The molecule has 1 atom stereocenters. The minimum absolute atomic E-state index is 0.219. The van der Waals surface area contributed by atoms with Crippen molar-refractivity contribution in [1.29, 1.82) is 5.41 Å². The zero-order chi connectivity index (χ0) is 29.3. The van der Waals surface area contributed by atoms with Crippen LogP contribution >= 0.6 is 11.6 Å². The topological polar surface area (TPSA) is 94.8 Å². The first kappa shape index (κ1) is 30.0. The summed E-state index contributed by atoms with van der Waals surface area (Å²) in [5.41, 5.74) is 5.15. The molecule has 2 aromatic rings.